The maximum Gasteiger partial charge on any atom is 0.397 e. The van der Waals surface area contributed by atoms with Crippen LogP contribution in [-0.2, 0) is 24.6 Å². The monoisotopic (exact) mass is 485 g/mol. The van der Waals surface area contributed by atoms with Crippen LogP contribution in [0.5, 0.6) is 0 Å². The average molecular weight is 486 g/mol. The molecule has 27 heavy (non-hydrogen) atoms. The van der Waals surface area contributed by atoms with Gasteiger partial charge in [0.1, 0.15) is 4.21 Å². The lowest BCUT2D eigenvalue weighted by molar-refractivity contribution is -0.225. The molecule has 1 unspecified atom stereocenters. The van der Waals surface area contributed by atoms with Crippen LogP contribution in [0.15, 0.2) is 16.3 Å². The molecule has 2 atom stereocenters. The fourth-order valence-electron chi connectivity index (χ4n) is 1.83. The molecule has 0 spiro atoms. The molecule has 1 aromatic heterocycles. The van der Waals surface area contributed by atoms with E-state index < -0.39 is 62.0 Å². The Morgan fingerprint density at radius 3 is 2.07 bits per heavy atom. The standard InChI is InChI=1S/C10H10ClF6NO6S3/c11-7-1-2-8(25-7)26(19,20)18-6(4-24-27(21,22)23)5(10(15,16)17)3-9(12,13)14/h1-2,5-6,18H,3-4H2,(H,21,22,23)/t5?,6-/m1/s1. The molecule has 1 aromatic rings. The summed E-state index contributed by atoms with van der Waals surface area (Å²) in [5.41, 5.74) is 0. The van der Waals surface area contributed by atoms with E-state index in [9.17, 15) is 43.2 Å². The summed E-state index contributed by atoms with van der Waals surface area (Å²) in [4.78, 5) is 0. The van der Waals surface area contributed by atoms with E-state index in [4.69, 9.17) is 16.2 Å². The van der Waals surface area contributed by atoms with E-state index >= 15 is 0 Å². The van der Waals surface area contributed by atoms with Crippen LogP contribution in [0.25, 0.3) is 0 Å². The van der Waals surface area contributed by atoms with E-state index in [-0.39, 0.29) is 4.34 Å². The Hall–Kier alpha value is -0.650. The maximum atomic E-state index is 13.1. The Morgan fingerprint density at radius 1 is 1.15 bits per heavy atom. The van der Waals surface area contributed by atoms with Crippen molar-refractivity contribution < 1.29 is 51.9 Å². The SMILES string of the molecule is O=S(=O)(O)OC[C@@H](NS(=O)(=O)c1ccc(Cl)s1)C(CC(F)(F)F)C(F)(F)F. The molecule has 0 aliphatic heterocycles. The van der Waals surface area contributed by atoms with Gasteiger partial charge in [0.05, 0.1) is 29.3 Å². The third-order valence-corrected chi connectivity index (χ3v) is 6.52. The number of thiophene rings is 1. The molecule has 1 rings (SSSR count). The minimum Gasteiger partial charge on any atom is -0.264 e. The van der Waals surface area contributed by atoms with Crippen molar-refractivity contribution in [2.75, 3.05) is 6.61 Å². The van der Waals surface area contributed by atoms with E-state index in [0.717, 1.165) is 12.1 Å². The summed E-state index contributed by atoms with van der Waals surface area (Å²) in [6.45, 7) is -1.74. The van der Waals surface area contributed by atoms with Crippen LogP contribution in [-0.4, -0.2) is 46.4 Å². The van der Waals surface area contributed by atoms with Gasteiger partial charge in [-0.1, -0.05) is 11.6 Å². The molecule has 0 aliphatic rings. The first-order chi connectivity index (χ1) is 11.9. The van der Waals surface area contributed by atoms with Crippen molar-refractivity contribution in [2.45, 2.75) is 29.0 Å². The minimum absolute atomic E-state index is 0.0798. The van der Waals surface area contributed by atoms with Crippen molar-refractivity contribution in [3.05, 3.63) is 16.5 Å². The second kappa shape index (κ2) is 8.38. The summed E-state index contributed by atoms with van der Waals surface area (Å²) < 4.78 is 135. The fourth-order valence-corrected chi connectivity index (χ4v) is 4.91. The van der Waals surface area contributed by atoms with Crippen LogP contribution < -0.4 is 4.72 Å². The number of hydrogen-bond donors (Lipinski definition) is 2. The van der Waals surface area contributed by atoms with E-state index in [0.29, 0.717) is 11.3 Å². The zero-order chi connectivity index (χ0) is 21.3. The zero-order valence-corrected chi connectivity index (χ0v) is 15.8. The summed E-state index contributed by atoms with van der Waals surface area (Å²) in [5, 5.41) is 0. The van der Waals surface area contributed by atoms with Crippen molar-refractivity contribution in [3.63, 3.8) is 0 Å². The van der Waals surface area contributed by atoms with Gasteiger partial charge in [-0.25, -0.2) is 17.3 Å². The third-order valence-electron chi connectivity index (χ3n) is 2.87. The Labute approximate surface area is 158 Å². The lowest BCUT2D eigenvalue weighted by atomic mass is 9.96. The molecule has 2 N–H and O–H groups in total. The van der Waals surface area contributed by atoms with Crippen LogP contribution in [0.4, 0.5) is 26.3 Å². The van der Waals surface area contributed by atoms with Crippen molar-refractivity contribution in [2.24, 2.45) is 5.92 Å². The topological polar surface area (TPSA) is 110 Å². The van der Waals surface area contributed by atoms with Gasteiger partial charge in [-0.15, -0.1) is 11.3 Å². The Balaban J connectivity index is 3.27. The quantitative estimate of drug-likeness (QED) is 0.433. The molecular weight excluding hydrogens is 476 g/mol. The molecule has 7 nitrogen and oxygen atoms in total. The van der Waals surface area contributed by atoms with Gasteiger partial charge in [-0.05, 0) is 12.1 Å². The van der Waals surface area contributed by atoms with Crippen LogP contribution >= 0.6 is 22.9 Å². The number of nitrogens with one attached hydrogen (secondary N) is 1. The van der Waals surface area contributed by atoms with Gasteiger partial charge < -0.3 is 0 Å². The van der Waals surface area contributed by atoms with Gasteiger partial charge >= 0.3 is 22.8 Å². The molecule has 0 bridgehead atoms. The van der Waals surface area contributed by atoms with Crippen molar-refractivity contribution in [1.82, 2.24) is 4.72 Å². The minimum atomic E-state index is -5.58. The van der Waals surface area contributed by atoms with E-state index in [2.05, 4.69) is 4.18 Å². The second-order valence-corrected chi connectivity index (χ2v) is 9.71. The second-order valence-electron chi connectivity index (χ2n) is 4.97. The van der Waals surface area contributed by atoms with Gasteiger partial charge in [0.2, 0.25) is 10.0 Å². The molecule has 0 amide bonds. The zero-order valence-electron chi connectivity index (χ0n) is 12.6. The third kappa shape index (κ3) is 8.49. The lowest BCUT2D eigenvalue weighted by Crippen LogP contribution is -2.50. The van der Waals surface area contributed by atoms with E-state index in [1.54, 1.807) is 0 Å². The van der Waals surface area contributed by atoms with Crippen LogP contribution in [0.3, 0.4) is 0 Å². The summed E-state index contributed by atoms with van der Waals surface area (Å²) >= 11 is 5.90. The number of halogens is 7. The number of alkyl halides is 6. The molecule has 158 valence electrons. The Morgan fingerprint density at radius 2 is 1.70 bits per heavy atom. The first-order valence-electron chi connectivity index (χ1n) is 6.44. The van der Waals surface area contributed by atoms with Crippen LogP contribution in [0, 0.1) is 5.92 Å². The molecule has 0 aromatic carbocycles. The maximum absolute atomic E-state index is 13.1. The predicted molar refractivity (Wildman–Crippen MR) is 81.2 cm³/mol. The number of hydrogen-bond acceptors (Lipinski definition) is 6. The number of rotatable bonds is 8. The molecule has 0 saturated carbocycles. The van der Waals surface area contributed by atoms with Gasteiger partial charge in [-0.2, -0.15) is 34.8 Å². The van der Waals surface area contributed by atoms with Gasteiger partial charge in [-0.3, -0.25) is 4.55 Å². The van der Waals surface area contributed by atoms with Crippen LogP contribution in [0.2, 0.25) is 4.34 Å². The predicted octanol–water partition coefficient (Wildman–Crippen LogP) is 3.00. The average Bonchev–Trinajstić information content (AvgIpc) is 2.85. The summed E-state index contributed by atoms with van der Waals surface area (Å²) in [6.07, 6.45) is -13.5. The molecule has 0 radical (unpaired) electrons. The molecule has 0 saturated heterocycles. The van der Waals surface area contributed by atoms with E-state index in [1.807, 2.05) is 0 Å². The molecule has 17 heteroatoms. The number of sulfonamides is 1. The van der Waals surface area contributed by atoms with Crippen LogP contribution in [0.1, 0.15) is 6.42 Å². The Bertz CT molecular complexity index is 850. The van der Waals surface area contributed by atoms with Crippen molar-refractivity contribution >= 4 is 43.4 Å². The highest BCUT2D eigenvalue weighted by Crippen LogP contribution is 2.38. The highest BCUT2D eigenvalue weighted by atomic mass is 35.5. The smallest absolute Gasteiger partial charge is 0.264 e. The highest BCUT2D eigenvalue weighted by Gasteiger charge is 2.51. The largest absolute Gasteiger partial charge is 0.397 e. The molecule has 1 heterocycles. The highest BCUT2D eigenvalue weighted by molar-refractivity contribution is 7.91. The van der Waals surface area contributed by atoms with Gasteiger partial charge in [0, 0.05) is 0 Å². The summed E-state index contributed by atoms with van der Waals surface area (Å²) in [5.74, 6) is -3.40. The van der Waals surface area contributed by atoms with Gasteiger partial charge in [0.15, 0.2) is 0 Å². The first kappa shape index (κ1) is 24.4. The molecule has 0 aliphatic carbocycles. The fraction of sp³-hybridized carbons (Fsp3) is 0.600. The van der Waals surface area contributed by atoms with E-state index in [1.165, 1.54) is 4.72 Å². The van der Waals surface area contributed by atoms with Crippen molar-refractivity contribution in [3.8, 4) is 0 Å². The van der Waals surface area contributed by atoms with Crippen molar-refractivity contribution in [1.29, 1.82) is 0 Å². The first-order valence-corrected chi connectivity index (χ1v) is 10.5. The molecular formula is C10H10ClF6NO6S3. The summed E-state index contributed by atoms with van der Waals surface area (Å²) in [6, 6.07) is -0.775. The lowest BCUT2D eigenvalue weighted by Gasteiger charge is -2.29. The summed E-state index contributed by atoms with van der Waals surface area (Å²) in [7, 11) is -10.2. The normalized spacial score (nSPS) is 16.3. The van der Waals surface area contributed by atoms with Gasteiger partial charge in [0.25, 0.3) is 0 Å². The Kier molecular flexibility index (Phi) is 7.57. The molecule has 0 fully saturated rings.